The molecule has 2 fully saturated rings. The van der Waals surface area contributed by atoms with Crippen LogP contribution in [0.4, 0.5) is 11.4 Å². The van der Waals surface area contributed by atoms with Crippen molar-refractivity contribution in [3.8, 4) is 5.75 Å². The summed E-state index contributed by atoms with van der Waals surface area (Å²) in [5.74, 6) is 0.201. The number of para-hydroxylation sites is 3. The third-order valence-electron chi connectivity index (χ3n) is 6.65. The summed E-state index contributed by atoms with van der Waals surface area (Å²) in [6.07, 6.45) is 1.06. The number of ether oxygens (including phenoxy) is 1. The summed E-state index contributed by atoms with van der Waals surface area (Å²) in [6.45, 7) is 7.51. The number of nitrogens with one attached hydrogen (secondary N) is 1. The lowest BCUT2D eigenvalue weighted by Crippen LogP contribution is -2.52. The van der Waals surface area contributed by atoms with Gasteiger partial charge in [0.15, 0.2) is 0 Å². The van der Waals surface area contributed by atoms with Gasteiger partial charge in [0, 0.05) is 44.8 Å². The van der Waals surface area contributed by atoms with Crippen molar-refractivity contribution in [3.63, 3.8) is 0 Å². The molecule has 2 aliphatic heterocycles. The quantitative estimate of drug-likeness (QED) is 0.631. The van der Waals surface area contributed by atoms with Crippen molar-refractivity contribution in [1.82, 2.24) is 9.80 Å². The molecular formula is C27H34N4O4. The van der Waals surface area contributed by atoms with Gasteiger partial charge in [-0.15, -0.1) is 0 Å². The first-order chi connectivity index (χ1) is 17.0. The molecule has 3 amide bonds. The third kappa shape index (κ3) is 5.82. The number of nitrogens with zero attached hydrogens (tertiary/aromatic N) is 3. The molecule has 4 rings (SSSR count). The predicted molar refractivity (Wildman–Crippen MR) is 136 cm³/mol. The van der Waals surface area contributed by atoms with Gasteiger partial charge in [-0.3, -0.25) is 19.3 Å². The standard InChI is InChI=1S/C27H34N4O4/c1-3-20-9-5-6-10-22(20)28-25(32)19-29-13-15-30(16-14-29)27(34)21-17-26(33)31(18-21)23-11-7-8-12-24(23)35-4-2/h5-12,21H,3-4,13-19H2,1-2H3,(H,28,32). The first kappa shape index (κ1) is 24.7. The Morgan fingerprint density at radius 2 is 1.71 bits per heavy atom. The highest BCUT2D eigenvalue weighted by Gasteiger charge is 2.38. The number of amides is 3. The molecule has 8 nitrogen and oxygen atoms in total. The van der Waals surface area contributed by atoms with E-state index >= 15 is 0 Å². The van der Waals surface area contributed by atoms with Crippen LogP contribution in [0, 0.1) is 5.92 Å². The van der Waals surface area contributed by atoms with Crippen molar-refractivity contribution < 1.29 is 19.1 Å². The smallest absolute Gasteiger partial charge is 0.238 e. The summed E-state index contributed by atoms with van der Waals surface area (Å²) >= 11 is 0. The van der Waals surface area contributed by atoms with Gasteiger partial charge in [-0.05, 0) is 37.1 Å². The maximum absolute atomic E-state index is 13.2. The van der Waals surface area contributed by atoms with Gasteiger partial charge in [-0.25, -0.2) is 0 Å². The van der Waals surface area contributed by atoms with E-state index in [1.807, 2.05) is 60.4 Å². The zero-order valence-corrected chi connectivity index (χ0v) is 20.5. The number of anilines is 2. The summed E-state index contributed by atoms with van der Waals surface area (Å²) in [6, 6.07) is 15.3. The minimum absolute atomic E-state index is 0.00992. The van der Waals surface area contributed by atoms with Crippen LogP contribution in [-0.2, 0) is 20.8 Å². The topological polar surface area (TPSA) is 82.2 Å². The lowest BCUT2D eigenvalue weighted by Gasteiger charge is -2.35. The van der Waals surface area contributed by atoms with Crippen molar-refractivity contribution >= 4 is 29.1 Å². The van der Waals surface area contributed by atoms with E-state index in [-0.39, 0.29) is 30.1 Å². The van der Waals surface area contributed by atoms with Crippen LogP contribution < -0.4 is 15.0 Å². The number of aryl methyl sites for hydroxylation is 1. The fraction of sp³-hybridized carbons (Fsp3) is 0.444. The minimum atomic E-state index is -0.363. The Balaban J connectivity index is 1.28. The Kier molecular flexibility index (Phi) is 8.02. The Bertz CT molecular complexity index is 1060. The zero-order valence-electron chi connectivity index (χ0n) is 20.5. The Labute approximate surface area is 206 Å². The van der Waals surface area contributed by atoms with Gasteiger partial charge in [-0.2, -0.15) is 0 Å². The molecule has 1 N–H and O–H groups in total. The van der Waals surface area contributed by atoms with Crippen LogP contribution in [0.5, 0.6) is 5.75 Å². The van der Waals surface area contributed by atoms with Crippen LogP contribution in [-0.4, -0.2) is 73.4 Å². The summed E-state index contributed by atoms with van der Waals surface area (Å²) < 4.78 is 5.68. The number of hydrogen-bond acceptors (Lipinski definition) is 5. The summed E-state index contributed by atoms with van der Waals surface area (Å²) in [7, 11) is 0. The van der Waals surface area contributed by atoms with Gasteiger partial charge in [0.2, 0.25) is 17.7 Å². The lowest BCUT2D eigenvalue weighted by atomic mass is 10.1. The summed E-state index contributed by atoms with van der Waals surface area (Å²) in [4.78, 5) is 44.1. The first-order valence-electron chi connectivity index (χ1n) is 12.4. The van der Waals surface area contributed by atoms with E-state index in [4.69, 9.17) is 4.74 Å². The fourth-order valence-corrected chi connectivity index (χ4v) is 4.79. The molecule has 0 spiro atoms. The zero-order chi connectivity index (χ0) is 24.8. The van der Waals surface area contributed by atoms with Crippen LogP contribution in [0.25, 0.3) is 0 Å². The highest BCUT2D eigenvalue weighted by Crippen LogP contribution is 2.33. The van der Waals surface area contributed by atoms with E-state index in [0.717, 1.165) is 23.4 Å². The van der Waals surface area contributed by atoms with Crippen LogP contribution in [0.3, 0.4) is 0 Å². The van der Waals surface area contributed by atoms with Crippen LogP contribution >= 0.6 is 0 Å². The number of hydrogen-bond donors (Lipinski definition) is 1. The molecule has 1 unspecified atom stereocenters. The molecule has 2 aromatic carbocycles. The molecule has 186 valence electrons. The molecule has 0 saturated carbocycles. The molecule has 2 aromatic rings. The molecule has 0 aromatic heterocycles. The predicted octanol–water partition coefficient (Wildman–Crippen LogP) is 2.78. The van der Waals surface area contributed by atoms with E-state index in [2.05, 4.69) is 17.1 Å². The minimum Gasteiger partial charge on any atom is -0.492 e. The maximum atomic E-state index is 13.2. The molecule has 2 saturated heterocycles. The molecule has 1 atom stereocenters. The molecule has 0 bridgehead atoms. The SMILES string of the molecule is CCOc1ccccc1N1CC(C(=O)N2CCN(CC(=O)Nc3ccccc3CC)CC2)CC1=O. The first-order valence-corrected chi connectivity index (χ1v) is 12.4. The monoisotopic (exact) mass is 478 g/mol. The Hall–Kier alpha value is -3.39. The number of benzene rings is 2. The van der Waals surface area contributed by atoms with E-state index < -0.39 is 0 Å². The molecule has 35 heavy (non-hydrogen) atoms. The van der Waals surface area contributed by atoms with Crippen molar-refractivity contribution in [2.75, 3.05) is 56.1 Å². The number of piperazine rings is 1. The van der Waals surface area contributed by atoms with E-state index in [9.17, 15) is 14.4 Å². The van der Waals surface area contributed by atoms with Crippen molar-refractivity contribution in [1.29, 1.82) is 0 Å². The van der Waals surface area contributed by atoms with E-state index in [1.165, 1.54) is 0 Å². The maximum Gasteiger partial charge on any atom is 0.238 e. The number of carbonyl (C=O) groups is 3. The second-order valence-electron chi connectivity index (χ2n) is 8.97. The Morgan fingerprint density at radius 1 is 1.00 bits per heavy atom. The Morgan fingerprint density at radius 3 is 2.46 bits per heavy atom. The highest BCUT2D eigenvalue weighted by atomic mass is 16.5. The van der Waals surface area contributed by atoms with Gasteiger partial charge in [-0.1, -0.05) is 37.3 Å². The van der Waals surface area contributed by atoms with E-state index in [1.54, 1.807) is 4.90 Å². The van der Waals surface area contributed by atoms with Crippen molar-refractivity contribution in [3.05, 3.63) is 54.1 Å². The van der Waals surface area contributed by atoms with Crippen molar-refractivity contribution in [2.24, 2.45) is 5.92 Å². The lowest BCUT2D eigenvalue weighted by molar-refractivity contribution is -0.137. The van der Waals surface area contributed by atoms with E-state index in [0.29, 0.717) is 51.6 Å². The van der Waals surface area contributed by atoms with Gasteiger partial charge >= 0.3 is 0 Å². The average molecular weight is 479 g/mol. The fourth-order valence-electron chi connectivity index (χ4n) is 4.79. The second kappa shape index (κ2) is 11.4. The van der Waals surface area contributed by atoms with Crippen molar-refractivity contribution in [2.45, 2.75) is 26.7 Å². The van der Waals surface area contributed by atoms with Crippen LogP contribution in [0.15, 0.2) is 48.5 Å². The average Bonchev–Trinajstić information content (AvgIpc) is 3.26. The molecule has 0 aliphatic carbocycles. The van der Waals surface area contributed by atoms with Gasteiger partial charge in [0.05, 0.1) is 24.8 Å². The molecular weight excluding hydrogens is 444 g/mol. The summed E-state index contributed by atoms with van der Waals surface area (Å²) in [5, 5.41) is 3.01. The van der Waals surface area contributed by atoms with Gasteiger partial charge in [0.25, 0.3) is 0 Å². The molecule has 8 heteroatoms. The molecule has 2 aliphatic rings. The second-order valence-corrected chi connectivity index (χ2v) is 8.97. The largest absolute Gasteiger partial charge is 0.492 e. The van der Waals surface area contributed by atoms with Gasteiger partial charge < -0.3 is 19.9 Å². The molecule has 0 radical (unpaired) electrons. The summed E-state index contributed by atoms with van der Waals surface area (Å²) in [5.41, 5.74) is 2.69. The number of carbonyl (C=O) groups excluding carboxylic acids is 3. The number of rotatable bonds is 8. The van der Waals surface area contributed by atoms with Crippen LogP contribution in [0.1, 0.15) is 25.8 Å². The normalized spacial score (nSPS) is 18.6. The van der Waals surface area contributed by atoms with Gasteiger partial charge in [0.1, 0.15) is 5.75 Å². The van der Waals surface area contributed by atoms with Crippen LogP contribution in [0.2, 0.25) is 0 Å². The molecule has 2 heterocycles. The third-order valence-corrected chi connectivity index (χ3v) is 6.65. The highest BCUT2D eigenvalue weighted by molar-refractivity contribution is 6.01.